The summed E-state index contributed by atoms with van der Waals surface area (Å²) in [5.74, 6) is 2.44. The monoisotopic (exact) mass is 246 g/mol. The van der Waals surface area contributed by atoms with Crippen molar-refractivity contribution < 1.29 is 4.74 Å². The minimum atomic E-state index is 0.445. The summed E-state index contributed by atoms with van der Waals surface area (Å²) in [5, 5.41) is 3.59. The van der Waals surface area contributed by atoms with E-state index >= 15 is 0 Å². The van der Waals surface area contributed by atoms with Crippen LogP contribution < -0.4 is 15.8 Å². The molecule has 1 saturated heterocycles. The second kappa shape index (κ2) is 4.56. The van der Waals surface area contributed by atoms with Crippen LogP contribution in [0, 0.1) is 11.8 Å². The Morgan fingerprint density at radius 2 is 2.28 bits per heavy atom. The molecule has 0 amide bonds. The van der Waals surface area contributed by atoms with Gasteiger partial charge in [-0.1, -0.05) is 19.1 Å². The number of rotatable bonds is 4. The molecule has 0 radical (unpaired) electrons. The zero-order valence-electron chi connectivity index (χ0n) is 11.1. The third kappa shape index (κ3) is 1.91. The third-order valence-electron chi connectivity index (χ3n) is 4.55. The molecule has 3 nitrogen and oxygen atoms in total. The van der Waals surface area contributed by atoms with Gasteiger partial charge in [-0.25, -0.2) is 0 Å². The Kier molecular flexibility index (Phi) is 3.04. The van der Waals surface area contributed by atoms with Gasteiger partial charge < -0.3 is 15.8 Å². The van der Waals surface area contributed by atoms with Crippen molar-refractivity contribution in [3.05, 3.63) is 29.3 Å². The van der Waals surface area contributed by atoms with Crippen LogP contribution in [0.4, 0.5) is 0 Å². The average molecular weight is 246 g/mol. The number of hydrogen-bond acceptors (Lipinski definition) is 3. The third-order valence-corrected chi connectivity index (χ3v) is 4.55. The van der Waals surface area contributed by atoms with Crippen LogP contribution in [-0.4, -0.2) is 25.7 Å². The molecule has 2 fully saturated rings. The summed E-state index contributed by atoms with van der Waals surface area (Å²) in [4.78, 5) is 0. The molecule has 18 heavy (non-hydrogen) atoms. The van der Waals surface area contributed by atoms with Crippen LogP contribution >= 0.6 is 0 Å². The molecular formula is C15H22N2O. The first kappa shape index (κ1) is 12.0. The molecule has 1 saturated carbocycles. The van der Waals surface area contributed by atoms with Crippen LogP contribution in [0.2, 0.25) is 0 Å². The highest BCUT2D eigenvalue weighted by Gasteiger charge is 2.55. The SMILES string of the molecule is CCc1cc(CC2NCC3C(N)C23)ccc1OC. The molecule has 1 aliphatic carbocycles. The molecule has 3 N–H and O–H groups in total. The summed E-state index contributed by atoms with van der Waals surface area (Å²) in [6.45, 7) is 3.27. The number of methoxy groups -OCH3 is 1. The lowest BCUT2D eigenvalue weighted by Crippen LogP contribution is -2.33. The zero-order valence-corrected chi connectivity index (χ0v) is 11.1. The molecule has 98 valence electrons. The van der Waals surface area contributed by atoms with Gasteiger partial charge in [-0.15, -0.1) is 0 Å². The van der Waals surface area contributed by atoms with E-state index < -0.39 is 0 Å². The van der Waals surface area contributed by atoms with Crippen molar-refractivity contribution in [2.45, 2.75) is 31.8 Å². The van der Waals surface area contributed by atoms with Crippen LogP contribution in [-0.2, 0) is 12.8 Å². The molecule has 1 heterocycles. The number of hydrogen-bond donors (Lipinski definition) is 2. The molecule has 1 aliphatic heterocycles. The molecule has 0 bridgehead atoms. The summed E-state index contributed by atoms with van der Waals surface area (Å²) >= 11 is 0. The predicted octanol–water partition coefficient (Wildman–Crippen LogP) is 1.35. The van der Waals surface area contributed by atoms with Gasteiger partial charge in [-0.3, -0.25) is 0 Å². The minimum Gasteiger partial charge on any atom is -0.496 e. The van der Waals surface area contributed by atoms with Gasteiger partial charge in [0.25, 0.3) is 0 Å². The average Bonchev–Trinajstić information content (AvgIpc) is 2.84. The van der Waals surface area contributed by atoms with Crippen molar-refractivity contribution in [1.29, 1.82) is 0 Å². The fraction of sp³-hybridized carbons (Fsp3) is 0.600. The van der Waals surface area contributed by atoms with E-state index in [1.807, 2.05) is 0 Å². The van der Waals surface area contributed by atoms with E-state index in [0.717, 1.165) is 31.1 Å². The van der Waals surface area contributed by atoms with E-state index in [1.54, 1.807) is 7.11 Å². The standard InChI is InChI=1S/C15H22N2O/c1-3-10-6-9(4-5-13(10)18-2)7-12-14-11(8-17-12)15(14)16/h4-6,11-12,14-15,17H,3,7-8,16H2,1-2H3. The highest BCUT2D eigenvalue weighted by atomic mass is 16.5. The number of fused-ring (bicyclic) bond motifs is 1. The number of ether oxygens (including phenoxy) is 1. The Labute approximate surface area is 109 Å². The number of nitrogens with one attached hydrogen (secondary N) is 1. The van der Waals surface area contributed by atoms with E-state index in [4.69, 9.17) is 10.5 Å². The molecule has 0 spiro atoms. The largest absolute Gasteiger partial charge is 0.496 e. The van der Waals surface area contributed by atoms with Gasteiger partial charge in [0.2, 0.25) is 0 Å². The number of piperidine rings is 1. The number of aryl methyl sites for hydroxylation is 1. The van der Waals surface area contributed by atoms with Gasteiger partial charge in [0.05, 0.1) is 7.11 Å². The summed E-state index contributed by atoms with van der Waals surface area (Å²) in [6.07, 6.45) is 2.10. The van der Waals surface area contributed by atoms with Gasteiger partial charge in [0.1, 0.15) is 5.75 Å². The van der Waals surface area contributed by atoms with E-state index in [9.17, 15) is 0 Å². The lowest BCUT2D eigenvalue weighted by atomic mass is 9.99. The quantitative estimate of drug-likeness (QED) is 0.843. The van der Waals surface area contributed by atoms with E-state index in [1.165, 1.54) is 11.1 Å². The number of nitrogens with two attached hydrogens (primary N) is 1. The lowest BCUT2D eigenvalue weighted by molar-refractivity contribution is 0.409. The summed E-state index contributed by atoms with van der Waals surface area (Å²) in [7, 11) is 1.74. The summed E-state index contributed by atoms with van der Waals surface area (Å²) < 4.78 is 5.37. The van der Waals surface area contributed by atoms with Crippen molar-refractivity contribution in [2.75, 3.05) is 13.7 Å². The molecule has 3 rings (SSSR count). The smallest absolute Gasteiger partial charge is 0.122 e. The normalized spacial score (nSPS) is 33.3. The van der Waals surface area contributed by atoms with Crippen molar-refractivity contribution in [3.8, 4) is 5.75 Å². The van der Waals surface area contributed by atoms with Gasteiger partial charge in [-0.05, 0) is 41.9 Å². The Balaban J connectivity index is 1.73. The summed E-state index contributed by atoms with van der Waals surface area (Å²) in [6, 6.07) is 7.57. The van der Waals surface area contributed by atoms with Crippen molar-refractivity contribution in [2.24, 2.45) is 17.6 Å². The zero-order chi connectivity index (χ0) is 12.7. The van der Waals surface area contributed by atoms with Gasteiger partial charge >= 0.3 is 0 Å². The van der Waals surface area contributed by atoms with Gasteiger partial charge in [-0.2, -0.15) is 0 Å². The molecule has 4 unspecified atom stereocenters. The van der Waals surface area contributed by atoms with Gasteiger partial charge in [0.15, 0.2) is 0 Å². The van der Waals surface area contributed by atoms with Crippen molar-refractivity contribution >= 4 is 0 Å². The first-order valence-corrected chi connectivity index (χ1v) is 6.89. The predicted molar refractivity (Wildman–Crippen MR) is 72.8 cm³/mol. The maximum Gasteiger partial charge on any atom is 0.122 e. The maximum atomic E-state index is 6.06. The van der Waals surface area contributed by atoms with E-state index in [0.29, 0.717) is 18.0 Å². The van der Waals surface area contributed by atoms with Crippen molar-refractivity contribution in [3.63, 3.8) is 0 Å². The molecule has 3 heteroatoms. The highest BCUT2D eigenvalue weighted by molar-refractivity contribution is 5.38. The molecule has 2 aliphatic rings. The minimum absolute atomic E-state index is 0.445. The second-order valence-corrected chi connectivity index (χ2v) is 5.54. The van der Waals surface area contributed by atoms with Crippen molar-refractivity contribution in [1.82, 2.24) is 5.32 Å². The molecule has 1 aromatic rings. The lowest BCUT2D eigenvalue weighted by Gasteiger charge is -2.16. The Bertz CT molecular complexity index is 446. The topological polar surface area (TPSA) is 47.3 Å². The van der Waals surface area contributed by atoms with Gasteiger partial charge in [0, 0.05) is 18.6 Å². The highest BCUT2D eigenvalue weighted by Crippen LogP contribution is 2.44. The molecule has 4 atom stereocenters. The van der Waals surface area contributed by atoms with Crippen LogP contribution in [0.5, 0.6) is 5.75 Å². The van der Waals surface area contributed by atoms with Crippen LogP contribution in [0.1, 0.15) is 18.1 Å². The Morgan fingerprint density at radius 1 is 1.44 bits per heavy atom. The fourth-order valence-corrected chi connectivity index (χ4v) is 3.39. The van der Waals surface area contributed by atoms with Crippen LogP contribution in [0.15, 0.2) is 18.2 Å². The Hall–Kier alpha value is -1.06. The first-order valence-electron chi connectivity index (χ1n) is 6.89. The first-order chi connectivity index (χ1) is 8.74. The summed E-state index contributed by atoms with van der Waals surface area (Å²) in [5.41, 5.74) is 8.75. The van der Waals surface area contributed by atoms with E-state index in [-0.39, 0.29) is 0 Å². The van der Waals surface area contributed by atoms with E-state index in [2.05, 4.69) is 30.4 Å². The van der Waals surface area contributed by atoms with Crippen LogP contribution in [0.25, 0.3) is 0 Å². The molecular weight excluding hydrogens is 224 g/mol. The molecule has 0 aromatic heterocycles. The molecule has 1 aromatic carbocycles. The number of benzene rings is 1. The maximum absolute atomic E-state index is 6.06. The fourth-order valence-electron chi connectivity index (χ4n) is 3.39. The Morgan fingerprint density at radius 3 is 2.89 bits per heavy atom. The van der Waals surface area contributed by atoms with Crippen LogP contribution in [0.3, 0.4) is 0 Å². The second-order valence-electron chi connectivity index (χ2n) is 5.54.